The Balaban J connectivity index is 2.28. The molecule has 21 heavy (non-hydrogen) atoms. The predicted octanol–water partition coefficient (Wildman–Crippen LogP) is 2.28. The van der Waals surface area contributed by atoms with Crippen LogP contribution in [0.5, 0.6) is 6.01 Å². The van der Waals surface area contributed by atoms with Crippen LogP contribution in [-0.4, -0.2) is 37.4 Å². The Morgan fingerprint density at radius 2 is 2.10 bits per heavy atom. The van der Waals surface area contributed by atoms with Gasteiger partial charge >= 0.3 is 6.01 Å². The maximum absolute atomic E-state index is 5.58. The maximum Gasteiger partial charge on any atom is 0.322 e. The molecule has 0 bridgehead atoms. The fourth-order valence-electron chi connectivity index (χ4n) is 1.66. The van der Waals surface area contributed by atoms with E-state index in [0.29, 0.717) is 17.1 Å². The van der Waals surface area contributed by atoms with Crippen LogP contribution in [0.2, 0.25) is 0 Å². The molecule has 0 atom stereocenters. The molecular formula is C13H20N6OS. The van der Waals surface area contributed by atoms with Crippen molar-refractivity contribution in [1.82, 2.24) is 24.7 Å². The molecule has 0 aromatic carbocycles. The number of nitrogens with one attached hydrogen (secondary N) is 1. The summed E-state index contributed by atoms with van der Waals surface area (Å²) in [4.78, 5) is 13.0. The van der Waals surface area contributed by atoms with E-state index in [4.69, 9.17) is 4.74 Å². The number of hydrogen-bond donors (Lipinski definition) is 1. The predicted molar refractivity (Wildman–Crippen MR) is 81.8 cm³/mol. The minimum Gasteiger partial charge on any atom is -0.461 e. The Kier molecular flexibility index (Phi) is 5.00. The molecule has 0 saturated carbocycles. The number of rotatable bonds is 6. The van der Waals surface area contributed by atoms with Crippen molar-refractivity contribution in [2.24, 2.45) is 7.05 Å². The highest BCUT2D eigenvalue weighted by Crippen LogP contribution is 2.26. The third-order valence-electron chi connectivity index (χ3n) is 2.43. The van der Waals surface area contributed by atoms with Crippen LogP contribution < -0.4 is 10.1 Å². The van der Waals surface area contributed by atoms with Crippen LogP contribution in [0.3, 0.4) is 0 Å². The summed E-state index contributed by atoms with van der Waals surface area (Å²) in [6.45, 7) is 8.56. The summed E-state index contributed by atoms with van der Waals surface area (Å²) < 4.78 is 7.38. The minimum atomic E-state index is 0.0127. The maximum atomic E-state index is 5.58. The molecule has 114 valence electrons. The van der Waals surface area contributed by atoms with Crippen LogP contribution in [-0.2, 0) is 7.05 Å². The second-order valence-corrected chi connectivity index (χ2v) is 5.76. The second-order valence-electron chi connectivity index (χ2n) is 4.77. The number of ether oxygens (including phenoxy) is 1. The first-order valence-corrected chi connectivity index (χ1v) is 7.64. The Morgan fingerprint density at radius 1 is 1.33 bits per heavy atom. The van der Waals surface area contributed by atoms with Gasteiger partial charge in [-0.1, -0.05) is 0 Å². The smallest absolute Gasteiger partial charge is 0.322 e. The lowest BCUT2D eigenvalue weighted by molar-refractivity contribution is 0.219. The molecule has 2 rings (SSSR count). The molecule has 0 fully saturated rings. The van der Waals surface area contributed by atoms with E-state index in [1.165, 1.54) is 11.8 Å². The number of aromatic nitrogens is 5. The Labute approximate surface area is 128 Å². The molecule has 7 nitrogen and oxygen atoms in total. The average Bonchev–Trinajstić information content (AvgIpc) is 2.67. The minimum absolute atomic E-state index is 0.0127. The summed E-state index contributed by atoms with van der Waals surface area (Å²) in [5.41, 5.74) is 0.958. The quantitative estimate of drug-likeness (QED) is 0.877. The summed E-state index contributed by atoms with van der Waals surface area (Å²) in [7, 11) is 1.90. The van der Waals surface area contributed by atoms with E-state index in [2.05, 4.69) is 25.4 Å². The zero-order valence-corrected chi connectivity index (χ0v) is 13.7. The molecule has 0 aliphatic rings. The van der Waals surface area contributed by atoms with Crippen LogP contribution in [0.15, 0.2) is 16.2 Å². The Hall–Kier alpha value is -1.83. The van der Waals surface area contributed by atoms with Crippen LogP contribution in [0.1, 0.15) is 26.5 Å². The standard InChI is InChI=1S/C13H20N6OS/c1-6-14-11-15-12(20-8(2)3)17-13(16-11)21-10-7-9(4)18-19(10)5/h7-8H,6H2,1-5H3,(H,14,15,16,17). The van der Waals surface area contributed by atoms with Crippen LogP contribution in [0.4, 0.5) is 5.95 Å². The Bertz CT molecular complexity index is 613. The van der Waals surface area contributed by atoms with Crippen molar-refractivity contribution in [1.29, 1.82) is 0 Å². The third-order valence-corrected chi connectivity index (χ3v) is 3.38. The lowest BCUT2D eigenvalue weighted by Crippen LogP contribution is -2.12. The third kappa shape index (κ3) is 4.32. The zero-order chi connectivity index (χ0) is 15.4. The molecule has 1 N–H and O–H groups in total. The van der Waals surface area contributed by atoms with Gasteiger partial charge in [0.05, 0.1) is 11.8 Å². The van der Waals surface area contributed by atoms with Gasteiger partial charge in [-0.05, 0) is 45.5 Å². The van der Waals surface area contributed by atoms with Gasteiger partial charge < -0.3 is 10.1 Å². The van der Waals surface area contributed by atoms with Crippen molar-refractivity contribution in [2.75, 3.05) is 11.9 Å². The van der Waals surface area contributed by atoms with E-state index in [9.17, 15) is 0 Å². The SMILES string of the molecule is CCNc1nc(OC(C)C)nc(Sc2cc(C)nn2C)n1. The summed E-state index contributed by atoms with van der Waals surface area (Å²) >= 11 is 1.43. The van der Waals surface area contributed by atoms with Gasteiger partial charge in [0.25, 0.3) is 0 Å². The van der Waals surface area contributed by atoms with E-state index >= 15 is 0 Å². The second kappa shape index (κ2) is 6.75. The lowest BCUT2D eigenvalue weighted by atomic mass is 10.5. The molecule has 2 aromatic rings. The fraction of sp³-hybridized carbons (Fsp3) is 0.538. The highest BCUT2D eigenvalue weighted by atomic mass is 32.2. The summed E-state index contributed by atoms with van der Waals surface area (Å²) in [5.74, 6) is 0.518. The average molecular weight is 308 g/mol. The Morgan fingerprint density at radius 3 is 2.67 bits per heavy atom. The monoisotopic (exact) mass is 308 g/mol. The lowest BCUT2D eigenvalue weighted by Gasteiger charge is -2.10. The normalized spacial score (nSPS) is 11.0. The van der Waals surface area contributed by atoms with Gasteiger partial charge in [0.1, 0.15) is 5.03 Å². The van der Waals surface area contributed by atoms with Gasteiger partial charge in [-0.2, -0.15) is 20.1 Å². The molecular weight excluding hydrogens is 288 g/mol. The van der Waals surface area contributed by atoms with Gasteiger partial charge in [-0.25, -0.2) is 0 Å². The van der Waals surface area contributed by atoms with E-state index < -0.39 is 0 Å². The van der Waals surface area contributed by atoms with Gasteiger partial charge in [-0.3, -0.25) is 4.68 Å². The van der Waals surface area contributed by atoms with Gasteiger partial charge in [-0.15, -0.1) is 0 Å². The first-order chi connectivity index (χ1) is 9.97. The van der Waals surface area contributed by atoms with Crippen molar-refractivity contribution in [2.45, 2.75) is 44.0 Å². The van der Waals surface area contributed by atoms with Gasteiger partial charge in [0, 0.05) is 13.6 Å². The van der Waals surface area contributed by atoms with Crippen molar-refractivity contribution >= 4 is 17.7 Å². The molecule has 0 aliphatic heterocycles. The van der Waals surface area contributed by atoms with Crippen molar-refractivity contribution in [3.05, 3.63) is 11.8 Å². The molecule has 0 radical (unpaired) electrons. The molecule has 2 aromatic heterocycles. The molecule has 0 spiro atoms. The van der Waals surface area contributed by atoms with E-state index in [-0.39, 0.29) is 6.10 Å². The summed E-state index contributed by atoms with van der Waals surface area (Å²) in [6.07, 6.45) is 0.0127. The largest absolute Gasteiger partial charge is 0.461 e. The van der Waals surface area contributed by atoms with Gasteiger partial charge in [0.15, 0.2) is 0 Å². The number of anilines is 1. The first-order valence-electron chi connectivity index (χ1n) is 6.83. The van der Waals surface area contributed by atoms with Crippen LogP contribution >= 0.6 is 11.8 Å². The van der Waals surface area contributed by atoms with E-state index in [0.717, 1.165) is 17.3 Å². The number of nitrogens with zero attached hydrogens (tertiary/aromatic N) is 5. The highest BCUT2D eigenvalue weighted by molar-refractivity contribution is 7.99. The van der Waals surface area contributed by atoms with Crippen LogP contribution in [0, 0.1) is 6.92 Å². The van der Waals surface area contributed by atoms with E-state index in [1.54, 1.807) is 4.68 Å². The van der Waals surface area contributed by atoms with Crippen molar-refractivity contribution in [3.8, 4) is 6.01 Å². The first kappa shape index (κ1) is 15.6. The molecule has 0 amide bonds. The summed E-state index contributed by atoms with van der Waals surface area (Å²) in [5, 5.41) is 8.96. The molecule has 0 unspecified atom stereocenters. The topological polar surface area (TPSA) is 77.8 Å². The van der Waals surface area contributed by atoms with Crippen molar-refractivity contribution in [3.63, 3.8) is 0 Å². The zero-order valence-electron chi connectivity index (χ0n) is 12.9. The highest BCUT2D eigenvalue weighted by Gasteiger charge is 2.12. The molecule has 2 heterocycles. The molecule has 0 saturated heterocycles. The number of hydrogen-bond acceptors (Lipinski definition) is 7. The number of aryl methyl sites for hydroxylation is 2. The van der Waals surface area contributed by atoms with Crippen molar-refractivity contribution < 1.29 is 4.74 Å². The fourth-order valence-corrected chi connectivity index (χ4v) is 2.51. The van der Waals surface area contributed by atoms with Gasteiger partial charge in [0.2, 0.25) is 11.1 Å². The molecule has 0 aliphatic carbocycles. The molecule has 8 heteroatoms. The van der Waals surface area contributed by atoms with E-state index in [1.807, 2.05) is 40.8 Å². The van der Waals surface area contributed by atoms with Crippen LogP contribution in [0.25, 0.3) is 0 Å². The summed E-state index contributed by atoms with van der Waals surface area (Å²) in [6, 6.07) is 2.32.